The highest BCUT2D eigenvalue weighted by Crippen LogP contribution is 2.45. The van der Waals surface area contributed by atoms with Gasteiger partial charge < -0.3 is 9.80 Å². The summed E-state index contributed by atoms with van der Waals surface area (Å²) in [6, 6.07) is 30.7. The lowest BCUT2D eigenvalue weighted by atomic mass is 9.75. The van der Waals surface area contributed by atoms with E-state index in [9.17, 15) is 9.59 Å². The van der Waals surface area contributed by atoms with E-state index in [2.05, 4.69) is 24.3 Å². The number of benzene rings is 3. The zero-order valence-corrected chi connectivity index (χ0v) is 19.8. The summed E-state index contributed by atoms with van der Waals surface area (Å²) < 4.78 is 0. The maximum atomic E-state index is 13.8. The van der Waals surface area contributed by atoms with Gasteiger partial charge in [-0.25, -0.2) is 0 Å². The fourth-order valence-electron chi connectivity index (χ4n) is 5.83. The van der Waals surface area contributed by atoms with Crippen molar-refractivity contribution in [3.05, 3.63) is 108 Å². The Balaban J connectivity index is 1.31. The van der Waals surface area contributed by atoms with Crippen LogP contribution in [-0.4, -0.2) is 47.8 Å². The molecule has 2 aliphatic rings. The van der Waals surface area contributed by atoms with Crippen LogP contribution in [0.1, 0.15) is 41.9 Å². The predicted octanol–water partition coefficient (Wildman–Crippen LogP) is 4.90. The number of piperidine rings is 1. The van der Waals surface area contributed by atoms with E-state index in [0.717, 1.165) is 36.8 Å². The molecule has 0 aromatic heterocycles. The molecule has 174 valence electrons. The minimum Gasteiger partial charge on any atom is -0.342 e. The molecule has 0 aliphatic carbocycles. The molecular formula is C30H32N2O2. The van der Waals surface area contributed by atoms with E-state index in [1.165, 1.54) is 5.56 Å². The third-order valence-electron chi connectivity index (χ3n) is 7.81. The van der Waals surface area contributed by atoms with E-state index in [1.807, 2.05) is 83.6 Å². The van der Waals surface area contributed by atoms with Crippen molar-refractivity contribution in [2.75, 3.05) is 20.1 Å². The molecule has 4 heteroatoms. The largest absolute Gasteiger partial charge is 0.342 e. The second kappa shape index (κ2) is 9.46. The normalized spacial score (nSPS) is 19.7. The SMILES string of the molecule is CN1C(=O)C2(CCN(C(=O)C(c3ccccc3)c3ccccc3)CC2)CC1Cc1ccccc1. The summed E-state index contributed by atoms with van der Waals surface area (Å²) in [5.41, 5.74) is 2.96. The minimum absolute atomic E-state index is 0.131. The van der Waals surface area contributed by atoms with Gasteiger partial charge in [-0.15, -0.1) is 0 Å². The Hall–Kier alpha value is -3.40. The summed E-state index contributed by atoms with van der Waals surface area (Å²) in [7, 11) is 1.95. The molecular weight excluding hydrogens is 420 g/mol. The highest BCUT2D eigenvalue weighted by molar-refractivity contribution is 5.89. The molecule has 2 amide bonds. The van der Waals surface area contributed by atoms with Crippen LogP contribution in [0.5, 0.6) is 0 Å². The van der Waals surface area contributed by atoms with Crippen LogP contribution in [0.2, 0.25) is 0 Å². The summed E-state index contributed by atoms with van der Waals surface area (Å²) in [4.78, 5) is 31.1. The Morgan fingerprint density at radius 1 is 0.853 bits per heavy atom. The zero-order valence-electron chi connectivity index (χ0n) is 19.8. The maximum absolute atomic E-state index is 13.8. The van der Waals surface area contributed by atoms with Crippen molar-refractivity contribution >= 4 is 11.8 Å². The fraction of sp³-hybridized carbons (Fsp3) is 0.333. The molecule has 0 N–H and O–H groups in total. The van der Waals surface area contributed by atoms with E-state index in [1.54, 1.807) is 0 Å². The molecule has 2 heterocycles. The molecule has 3 aromatic rings. The first-order valence-electron chi connectivity index (χ1n) is 12.3. The maximum Gasteiger partial charge on any atom is 0.234 e. The monoisotopic (exact) mass is 452 g/mol. The molecule has 2 saturated heterocycles. The van der Waals surface area contributed by atoms with Crippen LogP contribution in [0.15, 0.2) is 91.0 Å². The highest BCUT2D eigenvalue weighted by atomic mass is 16.2. The molecule has 1 atom stereocenters. The Bertz CT molecular complexity index is 1080. The quantitative estimate of drug-likeness (QED) is 0.552. The number of hydrogen-bond donors (Lipinski definition) is 0. The van der Waals surface area contributed by atoms with Gasteiger partial charge in [-0.3, -0.25) is 9.59 Å². The Kier molecular flexibility index (Phi) is 6.23. The molecule has 0 saturated carbocycles. The van der Waals surface area contributed by atoms with Crippen LogP contribution in [0.4, 0.5) is 0 Å². The second-order valence-corrected chi connectivity index (χ2v) is 9.82. The third-order valence-corrected chi connectivity index (χ3v) is 7.81. The van der Waals surface area contributed by atoms with Gasteiger partial charge in [0.05, 0.1) is 11.3 Å². The van der Waals surface area contributed by atoms with E-state index >= 15 is 0 Å². The van der Waals surface area contributed by atoms with Gasteiger partial charge in [-0.05, 0) is 42.4 Å². The average Bonchev–Trinajstić information content (AvgIpc) is 3.11. The standard InChI is InChI=1S/C30H32N2O2/c1-31-26(21-23-11-5-2-6-12-23)22-30(29(31)34)17-19-32(20-18-30)28(33)27(24-13-7-3-8-14-24)25-15-9-4-10-16-25/h2-16,26-27H,17-22H2,1H3. The van der Waals surface area contributed by atoms with Crippen LogP contribution in [0.3, 0.4) is 0 Å². The number of likely N-dealkylation sites (tertiary alicyclic amines) is 2. The lowest BCUT2D eigenvalue weighted by molar-refractivity contribution is -0.142. The lowest BCUT2D eigenvalue weighted by Gasteiger charge is -2.39. The van der Waals surface area contributed by atoms with Gasteiger partial charge in [0.2, 0.25) is 11.8 Å². The summed E-state index contributed by atoms with van der Waals surface area (Å²) in [5.74, 6) is 0.0688. The molecule has 2 fully saturated rings. The predicted molar refractivity (Wildman–Crippen MR) is 134 cm³/mol. The van der Waals surface area contributed by atoms with Crippen LogP contribution in [-0.2, 0) is 16.0 Å². The Labute approximate surface area is 202 Å². The summed E-state index contributed by atoms with van der Waals surface area (Å²) in [6.07, 6.45) is 3.24. The highest BCUT2D eigenvalue weighted by Gasteiger charge is 2.51. The van der Waals surface area contributed by atoms with Crippen LogP contribution >= 0.6 is 0 Å². The van der Waals surface area contributed by atoms with Gasteiger partial charge in [-0.2, -0.15) is 0 Å². The minimum atomic E-state index is -0.333. The first-order chi connectivity index (χ1) is 16.6. The molecule has 5 rings (SSSR count). The van der Waals surface area contributed by atoms with Gasteiger partial charge in [0.25, 0.3) is 0 Å². The topological polar surface area (TPSA) is 40.6 Å². The van der Waals surface area contributed by atoms with Gasteiger partial charge in [0.1, 0.15) is 0 Å². The number of amides is 2. The van der Waals surface area contributed by atoms with Crippen LogP contribution < -0.4 is 0 Å². The van der Waals surface area contributed by atoms with E-state index < -0.39 is 0 Å². The molecule has 1 unspecified atom stereocenters. The number of nitrogens with zero attached hydrogens (tertiary/aromatic N) is 2. The number of hydrogen-bond acceptors (Lipinski definition) is 2. The molecule has 34 heavy (non-hydrogen) atoms. The van der Waals surface area contributed by atoms with Crippen molar-refractivity contribution in [3.8, 4) is 0 Å². The van der Waals surface area contributed by atoms with Crippen molar-refractivity contribution in [1.29, 1.82) is 0 Å². The van der Waals surface area contributed by atoms with Gasteiger partial charge in [-0.1, -0.05) is 91.0 Å². The Morgan fingerprint density at radius 2 is 1.35 bits per heavy atom. The molecule has 4 nitrogen and oxygen atoms in total. The summed E-state index contributed by atoms with van der Waals surface area (Å²) in [6.45, 7) is 1.26. The number of likely N-dealkylation sites (N-methyl/N-ethyl adjacent to an activating group) is 1. The summed E-state index contributed by atoms with van der Waals surface area (Å²) in [5, 5.41) is 0. The fourth-order valence-corrected chi connectivity index (χ4v) is 5.83. The molecule has 0 bridgehead atoms. The van der Waals surface area contributed by atoms with Crippen molar-refractivity contribution < 1.29 is 9.59 Å². The smallest absolute Gasteiger partial charge is 0.234 e. The Morgan fingerprint density at radius 3 is 1.88 bits per heavy atom. The lowest BCUT2D eigenvalue weighted by Crippen LogP contribution is -2.47. The second-order valence-electron chi connectivity index (χ2n) is 9.82. The summed E-state index contributed by atoms with van der Waals surface area (Å²) >= 11 is 0. The zero-order chi connectivity index (χ0) is 23.5. The van der Waals surface area contributed by atoms with Crippen molar-refractivity contribution in [2.45, 2.75) is 37.6 Å². The number of rotatable bonds is 5. The van der Waals surface area contributed by atoms with Crippen molar-refractivity contribution in [3.63, 3.8) is 0 Å². The third kappa shape index (κ3) is 4.25. The molecule has 0 radical (unpaired) electrons. The molecule has 3 aromatic carbocycles. The van der Waals surface area contributed by atoms with Crippen molar-refractivity contribution in [2.24, 2.45) is 5.41 Å². The molecule has 1 spiro atoms. The van der Waals surface area contributed by atoms with Gasteiger partial charge in [0.15, 0.2) is 0 Å². The van der Waals surface area contributed by atoms with Gasteiger partial charge >= 0.3 is 0 Å². The number of carbonyl (C=O) groups is 2. The van der Waals surface area contributed by atoms with Crippen LogP contribution in [0.25, 0.3) is 0 Å². The first-order valence-corrected chi connectivity index (χ1v) is 12.3. The van der Waals surface area contributed by atoms with E-state index in [4.69, 9.17) is 0 Å². The van der Waals surface area contributed by atoms with Crippen LogP contribution in [0, 0.1) is 5.41 Å². The van der Waals surface area contributed by atoms with Gasteiger partial charge in [0, 0.05) is 26.2 Å². The number of carbonyl (C=O) groups excluding carboxylic acids is 2. The first kappa shape index (κ1) is 22.4. The van der Waals surface area contributed by atoms with Crippen molar-refractivity contribution in [1.82, 2.24) is 9.80 Å². The average molecular weight is 453 g/mol. The molecule has 2 aliphatic heterocycles. The van der Waals surface area contributed by atoms with E-state index in [-0.39, 0.29) is 29.2 Å². The van der Waals surface area contributed by atoms with E-state index in [0.29, 0.717) is 13.1 Å².